The fourth-order valence-electron chi connectivity index (χ4n) is 1.98. The number of nitrogens with one attached hydrogen (secondary N) is 2. The van der Waals surface area contributed by atoms with E-state index in [4.69, 9.17) is 5.53 Å². The third-order valence-electron chi connectivity index (χ3n) is 2.96. The first kappa shape index (κ1) is 13.6. The molecule has 2 heterocycles. The van der Waals surface area contributed by atoms with E-state index in [0.29, 0.717) is 17.0 Å². The van der Waals surface area contributed by atoms with Gasteiger partial charge in [-0.05, 0) is 39.7 Å². The van der Waals surface area contributed by atoms with Gasteiger partial charge in [0.05, 0.1) is 11.7 Å². The number of nitrogens with zero attached hydrogens (tertiary/aromatic N) is 4. The van der Waals surface area contributed by atoms with Crippen molar-refractivity contribution in [1.82, 2.24) is 15.0 Å². The van der Waals surface area contributed by atoms with E-state index in [9.17, 15) is 0 Å². The summed E-state index contributed by atoms with van der Waals surface area (Å²) in [4.78, 5) is 12.6. The van der Waals surface area contributed by atoms with Crippen LogP contribution in [-0.2, 0) is 6.54 Å². The number of rotatable bonds is 4. The molecule has 0 amide bonds. The van der Waals surface area contributed by atoms with Gasteiger partial charge in [-0.25, -0.2) is 15.5 Å². The van der Waals surface area contributed by atoms with Crippen LogP contribution in [0.2, 0.25) is 0 Å². The van der Waals surface area contributed by atoms with Crippen LogP contribution < -0.4 is 5.32 Å². The van der Waals surface area contributed by atoms with Gasteiger partial charge < -0.3 is 5.32 Å². The Kier molecular flexibility index (Phi) is 3.83. The molecule has 1 aromatic carbocycles. The van der Waals surface area contributed by atoms with Gasteiger partial charge in [-0.3, -0.25) is 4.98 Å². The Morgan fingerprint density at radius 3 is 3.00 bits per heavy atom. The zero-order valence-corrected chi connectivity index (χ0v) is 12.5. The molecule has 21 heavy (non-hydrogen) atoms. The third kappa shape index (κ3) is 3.03. The van der Waals surface area contributed by atoms with Crippen molar-refractivity contribution >= 4 is 38.5 Å². The Balaban J connectivity index is 1.83. The van der Waals surface area contributed by atoms with Gasteiger partial charge in [0.2, 0.25) is 5.82 Å². The first-order chi connectivity index (χ1) is 10.3. The summed E-state index contributed by atoms with van der Waals surface area (Å²) < 4.78 is 0.597. The molecule has 2 aromatic heterocycles. The van der Waals surface area contributed by atoms with E-state index in [1.807, 2.05) is 24.3 Å². The molecule has 3 rings (SSSR count). The minimum atomic E-state index is 0.264. The summed E-state index contributed by atoms with van der Waals surface area (Å²) in [5.41, 5.74) is 9.16. The third-order valence-corrected chi connectivity index (χ3v) is 3.34. The number of fused-ring (bicyclic) bond motifs is 1. The molecule has 0 aliphatic rings. The molecule has 0 spiro atoms. The van der Waals surface area contributed by atoms with Crippen molar-refractivity contribution in [2.45, 2.75) is 6.54 Å². The Hall–Kier alpha value is -2.41. The summed E-state index contributed by atoms with van der Waals surface area (Å²) >= 11 is 3.26. The van der Waals surface area contributed by atoms with Gasteiger partial charge in [0, 0.05) is 18.1 Å². The minimum absolute atomic E-state index is 0.264. The maximum absolute atomic E-state index is 7.10. The Bertz CT molecular complexity index is 804. The first-order valence-electron chi connectivity index (χ1n) is 6.24. The molecule has 0 saturated carbocycles. The Labute approximate surface area is 129 Å². The average molecular weight is 343 g/mol. The van der Waals surface area contributed by atoms with Crippen molar-refractivity contribution in [3.8, 4) is 0 Å². The van der Waals surface area contributed by atoms with Crippen LogP contribution in [-0.4, -0.2) is 15.0 Å². The van der Waals surface area contributed by atoms with Crippen molar-refractivity contribution in [2.24, 2.45) is 5.11 Å². The minimum Gasteiger partial charge on any atom is -0.363 e. The molecule has 0 fully saturated rings. The molecule has 0 aliphatic heterocycles. The molecule has 2 N–H and O–H groups in total. The highest BCUT2D eigenvalue weighted by Crippen LogP contribution is 2.22. The highest BCUT2D eigenvalue weighted by atomic mass is 79.9. The molecule has 0 saturated heterocycles. The molecule has 104 valence electrons. The zero-order valence-electron chi connectivity index (χ0n) is 10.9. The summed E-state index contributed by atoms with van der Waals surface area (Å²) in [5, 5.41) is 7.59. The van der Waals surface area contributed by atoms with Gasteiger partial charge in [-0.1, -0.05) is 12.1 Å². The fraction of sp³-hybridized carbons (Fsp3) is 0.0714. The fourth-order valence-corrected chi connectivity index (χ4v) is 2.26. The van der Waals surface area contributed by atoms with Crippen LogP contribution in [0, 0.1) is 5.53 Å². The van der Waals surface area contributed by atoms with Gasteiger partial charge in [-0.15, -0.1) is 5.11 Å². The van der Waals surface area contributed by atoms with Crippen LogP contribution >= 0.6 is 15.9 Å². The highest BCUT2D eigenvalue weighted by molar-refractivity contribution is 9.10. The molecular formula is C14H11BrN6. The Morgan fingerprint density at radius 2 is 2.14 bits per heavy atom. The van der Waals surface area contributed by atoms with E-state index >= 15 is 0 Å². The van der Waals surface area contributed by atoms with Gasteiger partial charge >= 0.3 is 0 Å². The topological polar surface area (TPSA) is 86.9 Å². The molecule has 0 atom stereocenters. The smallest absolute Gasteiger partial charge is 0.216 e. The summed E-state index contributed by atoms with van der Waals surface area (Å²) in [6, 6.07) is 9.99. The number of hydrogen-bond donors (Lipinski definition) is 2. The van der Waals surface area contributed by atoms with Crippen molar-refractivity contribution < 1.29 is 0 Å². The predicted molar refractivity (Wildman–Crippen MR) is 83.6 cm³/mol. The SMILES string of the molecule is N=Nc1ncc(Br)nc1NCc1ccc2ncccc2c1. The van der Waals surface area contributed by atoms with E-state index in [2.05, 4.69) is 47.4 Å². The van der Waals surface area contributed by atoms with E-state index in [1.54, 1.807) is 6.20 Å². The molecule has 0 unspecified atom stereocenters. The lowest BCUT2D eigenvalue weighted by Crippen LogP contribution is -2.02. The zero-order chi connectivity index (χ0) is 14.7. The van der Waals surface area contributed by atoms with Crippen LogP contribution in [0.25, 0.3) is 10.9 Å². The number of benzene rings is 1. The van der Waals surface area contributed by atoms with Crippen LogP contribution in [0.15, 0.2) is 52.4 Å². The molecule has 0 aliphatic carbocycles. The second kappa shape index (κ2) is 5.92. The normalized spacial score (nSPS) is 10.5. The standard InChI is InChI=1S/C14H11BrN6/c15-12-8-19-14(21-16)13(20-12)18-7-9-3-4-11-10(6-9)2-1-5-17-11/h1-6,8,16H,7H2,(H,18,20). The summed E-state index contributed by atoms with van der Waals surface area (Å²) in [6.45, 7) is 0.568. The van der Waals surface area contributed by atoms with E-state index in [0.717, 1.165) is 16.5 Å². The number of pyridine rings is 1. The van der Waals surface area contributed by atoms with Gasteiger partial charge in [-0.2, -0.15) is 0 Å². The summed E-state index contributed by atoms with van der Waals surface area (Å²) in [6.07, 6.45) is 3.29. The molecule has 3 aromatic rings. The molecule has 0 bridgehead atoms. The van der Waals surface area contributed by atoms with Crippen LogP contribution in [0.5, 0.6) is 0 Å². The van der Waals surface area contributed by atoms with Crippen molar-refractivity contribution in [3.05, 3.63) is 52.9 Å². The van der Waals surface area contributed by atoms with Gasteiger partial charge in [0.15, 0.2) is 5.82 Å². The summed E-state index contributed by atoms with van der Waals surface area (Å²) in [7, 11) is 0. The Morgan fingerprint density at radius 1 is 1.24 bits per heavy atom. The van der Waals surface area contributed by atoms with Crippen molar-refractivity contribution in [1.29, 1.82) is 5.53 Å². The van der Waals surface area contributed by atoms with Crippen LogP contribution in [0.4, 0.5) is 11.6 Å². The quantitative estimate of drug-likeness (QED) is 0.699. The van der Waals surface area contributed by atoms with E-state index in [-0.39, 0.29) is 5.82 Å². The lowest BCUT2D eigenvalue weighted by atomic mass is 10.1. The molecular weight excluding hydrogens is 332 g/mol. The average Bonchev–Trinajstić information content (AvgIpc) is 2.53. The monoisotopic (exact) mass is 342 g/mol. The number of hydrogen-bond acceptors (Lipinski definition) is 6. The molecule has 6 nitrogen and oxygen atoms in total. The predicted octanol–water partition coefficient (Wildman–Crippen LogP) is 4.06. The number of aromatic nitrogens is 3. The lowest BCUT2D eigenvalue weighted by Gasteiger charge is -2.08. The largest absolute Gasteiger partial charge is 0.363 e. The summed E-state index contributed by atoms with van der Waals surface area (Å²) in [5.74, 6) is 0.742. The highest BCUT2D eigenvalue weighted by Gasteiger charge is 2.06. The maximum atomic E-state index is 7.10. The lowest BCUT2D eigenvalue weighted by molar-refractivity contribution is 1.02. The molecule has 0 radical (unpaired) electrons. The van der Waals surface area contributed by atoms with Crippen LogP contribution in [0.1, 0.15) is 5.56 Å². The van der Waals surface area contributed by atoms with Crippen molar-refractivity contribution in [3.63, 3.8) is 0 Å². The second-order valence-corrected chi connectivity index (χ2v) is 5.17. The van der Waals surface area contributed by atoms with Gasteiger partial charge in [0.25, 0.3) is 0 Å². The van der Waals surface area contributed by atoms with Crippen LogP contribution in [0.3, 0.4) is 0 Å². The number of anilines is 1. The van der Waals surface area contributed by atoms with E-state index < -0.39 is 0 Å². The molecule has 7 heteroatoms. The first-order valence-corrected chi connectivity index (χ1v) is 7.03. The maximum Gasteiger partial charge on any atom is 0.216 e. The van der Waals surface area contributed by atoms with Crippen molar-refractivity contribution in [2.75, 3.05) is 5.32 Å². The van der Waals surface area contributed by atoms with E-state index in [1.165, 1.54) is 6.20 Å². The van der Waals surface area contributed by atoms with Gasteiger partial charge in [0.1, 0.15) is 4.60 Å². The second-order valence-electron chi connectivity index (χ2n) is 4.36. The number of halogens is 1.